The number of nitrogens with zero attached hydrogens (tertiary/aromatic N) is 1. The average molecular weight is 304 g/mol. The highest BCUT2D eigenvalue weighted by Gasteiger charge is 2.35. The summed E-state index contributed by atoms with van der Waals surface area (Å²) in [7, 11) is -1.58. The summed E-state index contributed by atoms with van der Waals surface area (Å²) >= 11 is 0. The number of nitrogens with one attached hydrogen (secondary N) is 1. The van der Waals surface area contributed by atoms with Crippen LogP contribution in [0.25, 0.3) is 10.8 Å². The lowest BCUT2D eigenvalue weighted by Crippen LogP contribution is -2.40. The molecule has 0 bridgehead atoms. The molecule has 1 N–H and O–H groups in total. The van der Waals surface area contributed by atoms with Gasteiger partial charge in [0, 0.05) is 24.5 Å². The van der Waals surface area contributed by atoms with Crippen molar-refractivity contribution in [2.75, 3.05) is 20.1 Å². The molecule has 0 aromatic heterocycles. The number of sulfonamides is 1. The van der Waals surface area contributed by atoms with Crippen LogP contribution in [0.2, 0.25) is 0 Å². The number of hydrogen-bond acceptors (Lipinski definition) is 3. The topological polar surface area (TPSA) is 49.4 Å². The summed E-state index contributed by atoms with van der Waals surface area (Å²) in [4.78, 5) is 0.420. The molecule has 1 aliphatic heterocycles. The summed E-state index contributed by atoms with van der Waals surface area (Å²) in [5, 5.41) is 4.86. The Morgan fingerprint density at radius 1 is 1.19 bits per heavy atom. The molecule has 0 aliphatic carbocycles. The first-order valence-electron chi connectivity index (χ1n) is 7.29. The highest BCUT2D eigenvalue weighted by Crippen LogP contribution is 2.30. The summed E-state index contributed by atoms with van der Waals surface area (Å²) in [5.74, 6) is 0. The van der Waals surface area contributed by atoms with Crippen LogP contribution >= 0.6 is 0 Å². The lowest BCUT2D eigenvalue weighted by Gasteiger charge is -2.24. The van der Waals surface area contributed by atoms with Crippen LogP contribution in [0.5, 0.6) is 0 Å². The maximum absolute atomic E-state index is 13.0. The second-order valence-electron chi connectivity index (χ2n) is 5.45. The molecule has 1 saturated heterocycles. The van der Waals surface area contributed by atoms with Gasteiger partial charge in [-0.1, -0.05) is 36.4 Å². The molecule has 112 valence electrons. The van der Waals surface area contributed by atoms with E-state index in [4.69, 9.17) is 0 Å². The van der Waals surface area contributed by atoms with Crippen LogP contribution in [0.3, 0.4) is 0 Å². The minimum Gasteiger partial charge on any atom is -0.318 e. The highest BCUT2D eigenvalue weighted by atomic mass is 32.2. The Labute approximate surface area is 125 Å². The molecule has 2 aromatic rings. The van der Waals surface area contributed by atoms with Gasteiger partial charge in [0.2, 0.25) is 10.0 Å². The zero-order chi connectivity index (χ0) is 14.9. The molecule has 0 radical (unpaired) electrons. The van der Waals surface area contributed by atoms with E-state index in [0.29, 0.717) is 18.0 Å². The van der Waals surface area contributed by atoms with Gasteiger partial charge in [0.1, 0.15) is 0 Å². The van der Waals surface area contributed by atoms with Crippen molar-refractivity contribution in [3.05, 3.63) is 42.5 Å². The van der Waals surface area contributed by atoms with E-state index in [1.165, 1.54) is 0 Å². The van der Waals surface area contributed by atoms with Crippen LogP contribution in [0, 0.1) is 0 Å². The van der Waals surface area contributed by atoms with Crippen molar-refractivity contribution in [1.29, 1.82) is 0 Å². The van der Waals surface area contributed by atoms with Crippen molar-refractivity contribution in [3.63, 3.8) is 0 Å². The Balaban J connectivity index is 2.08. The molecule has 4 nitrogen and oxygen atoms in total. The van der Waals surface area contributed by atoms with E-state index < -0.39 is 10.0 Å². The van der Waals surface area contributed by atoms with E-state index >= 15 is 0 Å². The van der Waals surface area contributed by atoms with Crippen LogP contribution in [0.1, 0.15) is 12.8 Å². The summed E-state index contributed by atoms with van der Waals surface area (Å²) < 4.78 is 27.7. The lowest BCUT2D eigenvalue weighted by molar-refractivity contribution is 0.379. The van der Waals surface area contributed by atoms with E-state index in [1.54, 1.807) is 10.4 Å². The molecule has 1 fully saturated rings. The standard InChI is InChI=1S/C16H20N2O2S/c1-17-12-14-8-5-11-18(14)21(19,20)16-10-4-7-13-6-2-3-9-15(13)16/h2-4,6-7,9-10,14,17H,5,8,11-12H2,1H3. The largest absolute Gasteiger partial charge is 0.318 e. The summed E-state index contributed by atoms with van der Waals surface area (Å²) in [6, 6.07) is 13.2. The molecule has 1 unspecified atom stereocenters. The molecule has 0 amide bonds. The zero-order valence-electron chi connectivity index (χ0n) is 12.1. The minimum absolute atomic E-state index is 0.0546. The van der Waals surface area contributed by atoms with Gasteiger partial charge in [-0.15, -0.1) is 0 Å². The molecule has 1 atom stereocenters. The van der Waals surface area contributed by atoms with Gasteiger partial charge < -0.3 is 5.32 Å². The number of benzene rings is 2. The van der Waals surface area contributed by atoms with Crippen molar-refractivity contribution in [2.24, 2.45) is 0 Å². The number of fused-ring (bicyclic) bond motifs is 1. The smallest absolute Gasteiger partial charge is 0.243 e. The van der Waals surface area contributed by atoms with Crippen LogP contribution in [0.15, 0.2) is 47.4 Å². The normalized spacial score (nSPS) is 20.1. The van der Waals surface area contributed by atoms with Crippen LogP contribution < -0.4 is 5.32 Å². The fourth-order valence-corrected chi connectivity index (χ4v) is 5.02. The van der Waals surface area contributed by atoms with Gasteiger partial charge in [0.15, 0.2) is 0 Å². The summed E-state index contributed by atoms with van der Waals surface area (Å²) in [5.41, 5.74) is 0. The Morgan fingerprint density at radius 3 is 2.76 bits per heavy atom. The SMILES string of the molecule is CNCC1CCCN1S(=O)(=O)c1cccc2ccccc12. The van der Waals surface area contributed by atoms with Crippen molar-refractivity contribution < 1.29 is 8.42 Å². The maximum atomic E-state index is 13.0. The summed E-state index contributed by atoms with van der Waals surface area (Å²) in [6.07, 6.45) is 1.85. The predicted molar refractivity (Wildman–Crippen MR) is 84.8 cm³/mol. The molecule has 0 spiro atoms. The quantitative estimate of drug-likeness (QED) is 0.942. The van der Waals surface area contributed by atoms with Gasteiger partial charge >= 0.3 is 0 Å². The first kappa shape index (κ1) is 14.5. The van der Waals surface area contributed by atoms with E-state index in [0.717, 1.165) is 23.6 Å². The maximum Gasteiger partial charge on any atom is 0.243 e. The molecule has 21 heavy (non-hydrogen) atoms. The molecule has 5 heteroatoms. The van der Waals surface area contributed by atoms with E-state index in [-0.39, 0.29) is 6.04 Å². The number of likely N-dealkylation sites (N-methyl/N-ethyl adjacent to an activating group) is 1. The van der Waals surface area contributed by atoms with Crippen LogP contribution in [-0.4, -0.2) is 38.9 Å². The third-order valence-corrected chi connectivity index (χ3v) is 6.11. The van der Waals surface area contributed by atoms with Crippen molar-refractivity contribution >= 4 is 20.8 Å². The monoisotopic (exact) mass is 304 g/mol. The predicted octanol–water partition coefficient (Wildman–Crippen LogP) is 2.21. The second kappa shape index (κ2) is 5.75. The minimum atomic E-state index is -3.44. The molecule has 3 rings (SSSR count). The zero-order valence-corrected chi connectivity index (χ0v) is 12.9. The van der Waals surface area contributed by atoms with E-state index in [2.05, 4.69) is 5.32 Å². The Morgan fingerprint density at radius 2 is 1.95 bits per heavy atom. The molecule has 2 aromatic carbocycles. The average Bonchev–Trinajstić information content (AvgIpc) is 2.96. The second-order valence-corrected chi connectivity index (χ2v) is 7.31. The van der Waals surface area contributed by atoms with Gasteiger partial charge in [-0.3, -0.25) is 0 Å². The third kappa shape index (κ3) is 2.57. The van der Waals surface area contributed by atoms with Crippen LogP contribution in [0.4, 0.5) is 0 Å². The van der Waals surface area contributed by atoms with Gasteiger partial charge in [-0.2, -0.15) is 4.31 Å². The van der Waals surface area contributed by atoms with Gasteiger partial charge in [-0.05, 0) is 31.3 Å². The Hall–Kier alpha value is -1.43. The van der Waals surface area contributed by atoms with E-state index in [9.17, 15) is 8.42 Å². The van der Waals surface area contributed by atoms with Crippen LogP contribution in [-0.2, 0) is 10.0 Å². The fourth-order valence-electron chi connectivity index (χ4n) is 3.11. The molecule has 1 aliphatic rings. The number of rotatable bonds is 4. The van der Waals surface area contributed by atoms with Gasteiger partial charge in [-0.25, -0.2) is 8.42 Å². The Bertz CT molecular complexity index is 738. The van der Waals surface area contributed by atoms with Gasteiger partial charge in [0.05, 0.1) is 4.90 Å². The molecular weight excluding hydrogens is 284 g/mol. The van der Waals surface area contributed by atoms with Gasteiger partial charge in [0.25, 0.3) is 0 Å². The van der Waals surface area contributed by atoms with Crippen molar-refractivity contribution in [3.8, 4) is 0 Å². The van der Waals surface area contributed by atoms with E-state index in [1.807, 2.05) is 43.4 Å². The third-order valence-electron chi connectivity index (χ3n) is 4.10. The molecule has 0 saturated carbocycles. The molecular formula is C16H20N2O2S. The fraction of sp³-hybridized carbons (Fsp3) is 0.375. The molecule has 1 heterocycles. The lowest BCUT2D eigenvalue weighted by atomic mass is 10.1. The first-order valence-corrected chi connectivity index (χ1v) is 8.73. The number of hydrogen-bond donors (Lipinski definition) is 1. The first-order chi connectivity index (χ1) is 10.1. The highest BCUT2D eigenvalue weighted by molar-refractivity contribution is 7.89. The van der Waals surface area contributed by atoms with Crippen molar-refractivity contribution in [1.82, 2.24) is 9.62 Å². The summed E-state index contributed by atoms with van der Waals surface area (Å²) in [6.45, 7) is 1.31. The van der Waals surface area contributed by atoms with Crippen molar-refractivity contribution in [2.45, 2.75) is 23.8 Å². The Kier molecular flexibility index (Phi) is 3.97.